The third kappa shape index (κ3) is 3.28. The van der Waals surface area contributed by atoms with Crippen LogP contribution in [0.1, 0.15) is 18.4 Å². The highest BCUT2D eigenvalue weighted by Crippen LogP contribution is 2.34. The Bertz CT molecular complexity index is 453. The van der Waals surface area contributed by atoms with Crippen LogP contribution in [-0.4, -0.2) is 39.8 Å². The molecule has 0 saturated carbocycles. The van der Waals surface area contributed by atoms with Crippen molar-refractivity contribution < 1.29 is 9.13 Å². The Morgan fingerprint density at radius 2 is 1.95 bits per heavy atom. The molecule has 1 aromatic carbocycles. The molecule has 20 heavy (non-hydrogen) atoms. The zero-order valence-electron chi connectivity index (χ0n) is 12.1. The number of aliphatic imine (C=N–C) groups is 1. The first-order valence-electron chi connectivity index (χ1n) is 6.92. The van der Waals surface area contributed by atoms with Crippen LogP contribution in [-0.2, 0) is 10.2 Å². The van der Waals surface area contributed by atoms with Crippen molar-refractivity contribution >= 4 is 5.96 Å². The fraction of sp³-hybridized carbons (Fsp3) is 0.533. The lowest BCUT2D eigenvalue weighted by atomic mass is 9.74. The number of guanidine groups is 1. The van der Waals surface area contributed by atoms with Crippen molar-refractivity contribution in [3.63, 3.8) is 0 Å². The summed E-state index contributed by atoms with van der Waals surface area (Å²) in [5, 5.41) is 6.35. The van der Waals surface area contributed by atoms with Crippen LogP contribution in [0.25, 0.3) is 0 Å². The Kier molecular flexibility index (Phi) is 4.95. The number of ether oxygens (including phenoxy) is 1. The largest absolute Gasteiger partial charge is 0.381 e. The summed E-state index contributed by atoms with van der Waals surface area (Å²) < 4.78 is 18.6. The second-order valence-corrected chi connectivity index (χ2v) is 5.08. The summed E-state index contributed by atoms with van der Waals surface area (Å²) >= 11 is 0. The third-order valence-electron chi connectivity index (χ3n) is 3.96. The number of hydrogen-bond donors (Lipinski definition) is 2. The molecule has 0 radical (unpaired) electrons. The maximum atomic E-state index is 13.1. The lowest BCUT2D eigenvalue weighted by molar-refractivity contribution is 0.0514. The van der Waals surface area contributed by atoms with Crippen LogP contribution in [0.15, 0.2) is 29.3 Å². The van der Waals surface area contributed by atoms with Gasteiger partial charge in [0.2, 0.25) is 0 Å². The molecule has 1 heterocycles. The van der Waals surface area contributed by atoms with Crippen molar-refractivity contribution in [3.8, 4) is 0 Å². The van der Waals surface area contributed by atoms with Gasteiger partial charge in [-0.2, -0.15) is 0 Å². The molecule has 1 aliphatic heterocycles. The number of halogens is 1. The summed E-state index contributed by atoms with van der Waals surface area (Å²) in [7, 11) is 3.58. The van der Waals surface area contributed by atoms with Gasteiger partial charge in [0.05, 0.1) is 0 Å². The summed E-state index contributed by atoms with van der Waals surface area (Å²) in [5.74, 6) is 0.563. The highest BCUT2D eigenvalue weighted by molar-refractivity contribution is 5.79. The Morgan fingerprint density at radius 1 is 1.30 bits per heavy atom. The Labute approximate surface area is 119 Å². The molecule has 0 spiro atoms. The molecule has 4 nitrogen and oxygen atoms in total. The van der Waals surface area contributed by atoms with Gasteiger partial charge in [-0.3, -0.25) is 4.99 Å². The van der Waals surface area contributed by atoms with Gasteiger partial charge in [-0.05, 0) is 30.5 Å². The molecule has 0 bridgehead atoms. The Hall–Kier alpha value is -1.62. The van der Waals surface area contributed by atoms with Crippen molar-refractivity contribution in [1.29, 1.82) is 0 Å². The van der Waals surface area contributed by atoms with Gasteiger partial charge in [0, 0.05) is 39.3 Å². The Morgan fingerprint density at radius 3 is 2.50 bits per heavy atom. The van der Waals surface area contributed by atoms with Crippen molar-refractivity contribution in [1.82, 2.24) is 10.6 Å². The topological polar surface area (TPSA) is 45.7 Å². The van der Waals surface area contributed by atoms with E-state index in [4.69, 9.17) is 4.74 Å². The molecule has 0 atom stereocenters. The summed E-state index contributed by atoms with van der Waals surface area (Å²) in [5.41, 5.74) is 1.12. The average molecular weight is 279 g/mol. The van der Waals surface area contributed by atoms with E-state index in [0.29, 0.717) is 0 Å². The lowest BCUT2D eigenvalue weighted by Crippen LogP contribution is -2.47. The second kappa shape index (κ2) is 6.70. The highest BCUT2D eigenvalue weighted by atomic mass is 19.1. The zero-order valence-corrected chi connectivity index (χ0v) is 12.1. The standard InChI is InChI=1S/C15H22FN3O/c1-17-14(18-2)19-11-15(7-9-20-10-8-15)12-3-5-13(16)6-4-12/h3-6H,7-11H2,1-2H3,(H2,17,18,19). The molecular weight excluding hydrogens is 257 g/mol. The molecule has 1 aromatic rings. The fourth-order valence-electron chi connectivity index (χ4n) is 2.67. The third-order valence-corrected chi connectivity index (χ3v) is 3.96. The van der Waals surface area contributed by atoms with E-state index < -0.39 is 0 Å². The zero-order chi connectivity index (χ0) is 14.4. The fourth-order valence-corrected chi connectivity index (χ4v) is 2.67. The predicted molar refractivity (Wildman–Crippen MR) is 78.6 cm³/mol. The molecule has 1 aliphatic rings. The smallest absolute Gasteiger partial charge is 0.190 e. The average Bonchev–Trinajstić information content (AvgIpc) is 2.50. The van der Waals surface area contributed by atoms with E-state index in [1.807, 2.05) is 19.2 Å². The van der Waals surface area contributed by atoms with Gasteiger partial charge in [-0.1, -0.05) is 12.1 Å². The molecule has 1 fully saturated rings. The monoisotopic (exact) mass is 279 g/mol. The number of nitrogens with one attached hydrogen (secondary N) is 2. The van der Waals surface area contributed by atoms with Crippen LogP contribution in [0.3, 0.4) is 0 Å². The van der Waals surface area contributed by atoms with Gasteiger partial charge in [-0.25, -0.2) is 4.39 Å². The van der Waals surface area contributed by atoms with Crippen LogP contribution in [0.5, 0.6) is 0 Å². The predicted octanol–water partition coefficient (Wildman–Crippen LogP) is 1.67. The number of benzene rings is 1. The van der Waals surface area contributed by atoms with Gasteiger partial charge in [0.1, 0.15) is 5.82 Å². The maximum Gasteiger partial charge on any atom is 0.190 e. The minimum atomic E-state index is -0.199. The molecule has 110 valence electrons. The van der Waals surface area contributed by atoms with Gasteiger partial charge in [0.15, 0.2) is 5.96 Å². The maximum absolute atomic E-state index is 13.1. The number of nitrogens with zero attached hydrogens (tertiary/aromatic N) is 1. The van der Waals surface area contributed by atoms with Crippen LogP contribution >= 0.6 is 0 Å². The molecule has 0 unspecified atom stereocenters. The molecule has 1 saturated heterocycles. The molecule has 5 heteroatoms. The quantitative estimate of drug-likeness (QED) is 0.653. The van der Waals surface area contributed by atoms with Gasteiger partial charge in [0.25, 0.3) is 0 Å². The van der Waals surface area contributed by atoms with Crippen LogP contribution in [0.4, 0.5) is 4.39 Å². The van der Waals surface area contributed by atoms with E-state index in [1.54, 1.807) is 7.05 Å². The Balaban J connectivity index is 2.19. The van der Waals surface area contributed by atoms with Crippen molar-refractivity contribution in [3.05, 3.63) is 35.6 Å². The summed E-state index contributed by atoms with van der Waals surface area (Å²) in [6, 6.07) is 6.81. The first-order chi connectivity index (χ1) is 9.70. The minimum Gasteiger partial charge on any atom is -0.381 e. The first-order valence-corrected chi connectivity index (χ1v) is 6.92. The van der Waals surface area contributed by atoms with Gasteiger partial charge >= 0.3 is 0 Å². The molecule has 2 N–H and O–H groups in total. The van der Waals surface area contributed by atoms with Gasteiger partial charge < -0.3 is 15.4 Å². The van der Waals surface area contributed by atoms with E-state index in [-0.39, 0.29) is 11.2 Å². The molecule has 0 aromatic heterocycles. The number of rotatable bonds is 3. The highest BCUT2D eigenvalue weighted by Gasteiger charge is 2.34. The van der Waals surface area contributed by atoms with Crippen LogP contribution in [0, 0.1) is 5.82 Å². The minimum absolute atomic E-state index is 0.0290. The molecular formula is C15H22FN3O. The lowest BCUT2D eigenvalue weighted by Gasteiger charge is -2.38. The molecule has 0 amide bonds. The van der Waals surface area contributed by atoms with Gasteiger partial charge in [-0.15, -0.1) is 0 Å². The first kappa shape index (κ1) is 14.8. The van der Waals surface area contributed by atoms with Crippen molar-refractivity contribution in [2.45, 2.75) is 18.3 Å². The summed E-state index contributed by atoms with van der Waals surface area (Å²) in [6.07, 6.45) is 1.85. The molecule has 0 aliphatic carbocycles. The normalized spacial score (nSPS) is 18.6. The van der Waals surface area contributed by atoms with E-state index in [0.717, 1.165) is 44.1 Å². The van der Waals surface area contributed by atoms with Crippen molar-refractivity contribution in [2.75, 3.05) is 33.9 Å². The summed E-state index contributed by atoms with van der Waals surface area (Å²) in [4.78, 5) is 4.13. The van der Waals surface area contributed by atoms with E-state index >= 15 is 0 Å². The van der Waals surface area contributed by atoms with E-state index in [1.165, 1.54) is 12.1 Å². The number of hydrogen-bond acceptors (Lipinski definition) is 2. The van der Waals surface area contributed by atoms with Crippen molar-refractivity contribution in [2.24, 2.45) is 4.99 Å². The second-order valence-electron chi connectivity index (χ2n) is 5.08. The summed E-state index contributed by atoms with van der Waals surface area (Å²) in [6.45, 7) is 2.23. The van der Waals surface area contributed by atoms with Crippen LogP contribution in [0.2, 0.25) is 0 Å². The van der Waals surface area contributed by atoms with Crippen LogP contribution < -0.4 is 10.6 Å². The van der Waals surface area contributed by atoms with E-state index in [2.05, 4.69) is 15.6 Å². The molecule has 2 rings (SSSR count). The van der Waals surface area contributed by atoms with E-state index in [9.17, 15) is 4.39 Å². The SMILES string of the molecule is CN=C(NC)NCC1(c2ccc(F)cc2)CCOCC1.